The minimum Gasteiger partial charge on any atom is -0.462 e. The number of amides is 1. The van der Waals surface area contributed by atoms with Gasteiger partial charge in [0, 0.05) is 30.1 Å². The maximum absolute atomic E-state index is 12.5. The Labute approximate surface area is 129 Å². The molecule has 0 spiro atoms. The van der Waals surface area contributed by atoms with E-state index in [1.807, 2.05) is 6.07 Å². The largest absolute Gasteiger partial charge is 0.462 e. The molecular formula is C17H21N3O2. The van der Waals surface area contributed by atoms with Gasteiger partial charge in [0.05, 0.1) is 12.5 Å². The number of fused-ring (bicyclic) bond motifs is 3. The highest BCUT2D eigenvalue weighted by Gasteiger charge is 2.38. The summed E-state index contributed by atoms with van der Waals surface area (Å²) < 4.78 is 5.52. The van der Waals surface area contributed by atoms with Gasteiger partial charge in [-0.1, -0.05) is 13.8 Å². The predicted molar refractivity (Wildman–Crippen MR) is 83.9 cm³/mol. The molecule has 22 heavy (non-hydrogen) atoms. The molecule has 5 nitrogen and oxygen atoms in total. The first kappa shape index (κ1) is 13.8. The number of furan rings is 1. The van der Waals surface area contributed by atoms with Crippen molar-refractivity contribution in [1.82, 2.24) is 15.2 Å². The molecule has 4 rings (SSSR count). The van der Waals surface area contributed by atoms with E-state index in [9.17, 15) is 4.79 Å². The fourth-order valence-electron chi connectivity index (χ4n) is 3.71. The topological polar surface area (TPSA) is 58.4 Å². The quantitative estimate of drug-likeness (QED) is 0.945. The van der Waals surface area contributed by atoms with Gasteiger partial charge in [-0.15, -0.1) is 0 Å². The van der Waals surface area contributed by atoms with Crippen molar-refractivity contribution in [2.75, 3.05) is 19.6 Å². The lowest BCUT2D eigenvalue weighted by atomic mass is 9.99. The first-order chi connectivity index (χ1) is 10.6. The molecule has 2 aliphatic heterocycles. The van der Waals surface area contributed by atoms with Gasteiger partial charge in [-0.25, -0.2) is 4.98 Å². The molecule has 3 atom stereocenters. The number of pyridine rings is 1. The summed E-state index contributed by atoms with van der Waals surface area (Å²) >= 11 is 0. The lowest BCUT2D eigenvalue weighted by molar-refractivity contribution is 0.0919. The van der Waals surface area contributed by atoms with E-state index in [0.29, 0.717) is 17.5 Å². The van der Waals surface area contributed by atoms with Crippen LogP contribution in [0.2, 0.25) is 0 Å². The van der Waals surface area contributed by atoms with Gasteiger partial charge in [0.15, 0.2) is 5.58 Å². The first-order valence-electron chi connectivity index (χ1n) is 8.02. The molecule has 2 aromatic heterocycles. The van der Waals surface area contributed by atoms with E-state index in [0.717, 1.165) is 29.6 Å². The van der Waals surface area contributed by atoms with Crippen LogP contribution in [0.15, 0.2) is 22.9 Å². The average Bonchev–Trinajstić information content (AvgIpc) is 3.20. The molecule has 2 aliphatic rings. The standard InChI is InChI=1S/C17H21N3O2/c1-10(2)13-9-22-16-6-18-14(5-12(13)16)17(21)19-15-8-20-4-3-11(15)7-20/h5-6,9-11,15H,3-4,7-8H2,1-2H3,(H,19,21)/t11-,15?/m0/s1. The second kappa shape index (κ2) is 5.09. The molecule has 2 saturated heterocycles. The van der Waals surface area contributed by atoms with Crippen molar-refractivity contribution >= 4 is 16.9 Å². The van der Waals surface area contributed by atoms with Gasteiger partial charge in [0.25, 0.3) is 5.91 Å². The van der Waals surface area contributed by atoms with Crippen molar-refractivity contribution in [1.29, 1.82) is 0 Å². The van der Waals surface area contributed by atoms with Crippen LogP contribution in [-0.4, -0.2) is 41.5 Å². The number of nitrogens with zero attached hydrogens (tertiary/aromatic N) is 2. The fourth-order valence-corrected chi connectivity index (χ4v) is 3.71. The highest BCUT2D eigenvalue weighted by Crippen LogP contribution is 2.29. The van der Waals surface area contributed by atoms with Crippen molar-refractivity contribution in [3.63, 3.8) is 0 Å². The van der Waals surface area contributed by atoms with Gasteiger partial charge in [-0.05, 0) is 30.9 Å². The lowest BCUT2D eigenvalue weighted by Gasteiger charge is -2.22. The number of piperidine rings is 1. The Balaban J connectivity index is 1.57. The van der Waals surface area contributed by atoms with Crippen LogP contribution in [0.3, 0.4) is 0 Å². The Morgan fingerprint density at radius 3 is 3.00 bits per heavy atom. The van der Waals surface area contributed by atoms with Crippen molar-refractivity contribution < 1.29 is 9.21 Å². The van der Waals surface area contributed by atoms with E-state index in [4.69, 9.17) is 4.42 Å². The molecule has 4 heterocycles. The predicted octanol–water partition coefficient (Wildman–Crippen LogP) is 2.39. The minimum atomic E-state index is -0.0726. The number of hydrogen-bond acceptors (Lipinski definition) is 4. The molecule has 1 amide bonds. The molecule has 2 bridgehead atoms. The van der Waals surface area contributed by atoms with E-state index in [2.05, 4.69) is 29.0 Å². The van der Waals surface area contributed by atoms with E-state index >= 15 is 0 Å². The molecule has 0 saturated carbocycles. The summed E-state index contributed by atoms with van der Waals surface area (Å²) in [6.07, 6.45) is 4.61. The highest BCUT2D eigenvalue weighted by molar-refractivity contribution is 5.96. The SMILES string of the molecule is CC(C)c1coc2cnc(C(=O)NC3CN4CC[C@H]3C4)cc12. The lowest BCUT2D eigenvalue weighted by Crippen LogP contribution is -2.43. The van der Waals surface area contributed by atoms with Crippen LogP contribution < -0.4 is 5.32 Å². The van der Waals surface area contributed by atoms with E-state index in [1.54, 1.807) is 12.5 Å². The smallest absolute Gasteiger partial charge is 0.270 e. The molecule has 116 valence electrons. The Morgan fingerprint density at radius 2 is 2.32 bits per heavy atom. The first-order valence-corrected chi connectivity index (χ1v) is 8.02. The van der Waals surface area contributed by atoms with Crippen LogP contribution in [0.4, 0.5) is 0 Å². The van der Waals surface area contributed by atoms with Gasteiger partial charge in [0.1, 0.15) is 5.69 Å². The fraction of sp³-hybridized carbons (Fsp3) is 0.529. The molecule has 0 radical (unpaired) electrons. The Bertz CT molecular complexity index is 722. The summed E-state index contributed by atoms with van der Waals surface area (Å²) in [7, 11) is 0. The molecule has 2 fully saturated rings. The van der Waals surface area contributed by atoms with Gasteiger partial charge < -0.3 is 14.6 Å². The maximum atomic E-state index is 12.5. The third kappa shape index (κ3) is 2.20. The van der Waals surface area contributed by atoms with Gasteiger partial charge >= 0.3 is 0 Å². The minimum absolute atomic E-state index is 0.0726. The normalized spacial score (nSPS) is 27.0. The monoisotopic (exact) mass is 299 g/mol. The van der Waals surface area contributed by atoms with E-state index in [-0.39, 0.29) is 11.9 Å². The highest BCUT2D eigenvalue weighted by atomic mass is 16.3. The molecule has 2 aromatic rings. The third-order valence-corrected chi connectivity index (χ3v) is 5.00. The molecule has 1 N–H and O–H groups in total. The van der Waals surface area contributed by atoms with Crippen LogP contribution in [-0.2, 0) is 0 Å². The van der Waals surface area contributed by atoms with E-state index in [1.165, 1.54) is 13.0 Å². The number of carbonyl (C=O) groups is 1. The summed E-state index contributed by atoms with van der Waals surface area (Å²) in [6, 6.07) is 2.13. The van der Waals surface area contributed by atoms with Crippen molar-refractivity contribution in [2.24, 2.45) is 5.92 Å². The molecular weight excluding hydrogens is 278 g/mol. The van der Waals surface area contributed by atoms with Gasteiger partial charge in [0.2, 0.25) is 0 Å². The number of carbonyl (C=O) groups excluding carboxylic acids is 1. The second-order valence-corrected chi connectivity index (χ2v) is 6.80. The Kier molecular flexibility index (Phi) is 3.18. The van der Waals surface area contributed by atoms with Crippen molar-refractivity contribution in [3.8, 4) is 0 Å². The van der Waals surface area contributed by atoms with Crippen LogP contribution in [0.25, 0.3) is 11.0 Å². The summed E-state index contributed by atoms with van der Waals surface area (Å²) in [4.78, 5) is 19.2. The Hall–Kier alpha value is -1.88. The summed E-state index contributed by atoms with van der Waals surface area (Å²) in [5.74, 6) is 0.891. The maximum Gasteiger partial charge on any atom is 0.270 e. The third-order valence-electron chi connectivity index (χ3n) is 5.00. The molecule has 5 heteroatoms. The summed E-state index contributed by atoms with van der Waals surface area (Å²) in [6.45, 7) is 7.51. The van der Waals surface area contributed by atoms with Crippen molar-refractivity contribution in [2.45, 2.75) is 32.2 Å². The zero-order valence-corrected chi connectivity index (χ0v) is 13.0. The van der Waals surface area contributed by atoms with E-state index < -0.39 is 0 Å². The number of nitrogens with one attached hydrogen (secondary N) is 1. The number of rotatable bonds is 3. The summed E-state index contributed by atoms with van der Waals surface area (Å²) in [5.41, 5.74) is 2.34. The molecule has 0 aliphatic carbocycles. The van der Waals surface area contributed by atoms with Crippen LogP contribution in [0, 0.1) is 5.92 Å². The van der Waals surface area contributed by atoms with Crippen molar-refractivity contribution in [3.05, 3.63) is 29.8 Å². The average molecular weight is 299 g/mol. The molecule has 2 unspecified atom stereocenters. The number of hydrogen-bond donors (Lipinski definition) is 1. The second-order valence-electron chi connectivity index (χ2n) is 6.80. The van der Waals surface area contributed by atoms with Gasteiger partial charge in [-0.3, -0.25) is 4.79 Å². The van der Waals surface area contributed by atoms with Crippen LogP contribution in [0.1, 0.15) is 42.2 Å². The van der Waals surface area contributed by atoms with Gasteiger partial charge in [-0.2, -0.15) is 0 Å². The Morgan fingerprint density at radius 1 is 1.45 bits per heavy atom. The zero-order chi connectivity index (χ0) is 15.3. The number of aromatic nitrogens is 1. The zero-order valence-electron chi connectivity index (χ0n) is 13.0. The summed E-state index contributed by atoms with van der Waals surface area (Å²) in [5, 5.41) is 4.15. The molecule has 0 aromatic carbocycles. The van der Waals surface area contributed by atoms with Crippen LogP contribution >= 0.6 is 0 Å². The van der Waals surface area contributed by atoms with Crippen LogP contribution in [0.5, 0.6) is 0 Å².